The van der Waals surface area contributed by atoms with Gasteiger partial charge in [0.05, 0.1) is 24.7 Å². The molecule has 0 fully saturated rings. The highest BCUT2D eigenvalue weighted by atomic mass is 19.4. The fraction of sp³-hybridized carbons (Fsp3) is 0.706. The maximum absolute atomic E-state index is 12.7. The molecule has 0 N–H and O–H groups in total. The first-order valence-electron chi connectivity index (χ1n) is 8.44. The number of amides is 1. The molecule has 1 rings (SSSR count). The van der Waals surface area contributed by atoms with Crippen molar-refractivity contribution in [3.05, 3.63) is 17.0 Å². The number of rotatable bonds is 9. The Balaban J connectivity index is 2.75. The standard InChI is InChI=1S/C17H25F3N4O/c1-4-5-10-23(12-17(18,19)20)16(25)8-7-15-13(2)22-24(14(15)3)11-6-9-21/h4-8,10-12H2,1-3H3. The average molecular weight is 358 g/mol. The summed E-state index contributed by atoms with van der Waals surface area (Å²) >= 11 is 0. The highest BCUT2D eigenvalue weighted by molar-refractivity contribution is 5.76. The fourth-order valence-electron chi connectivity index (χ4n) is 2.72. The monoisotopic (exact) mass is 358 g/mol. The Labute approximate surface area is 146 Å². The number of aryl methyl sites for hydroxylation is 2. The molecule has 0 aromatic carbocycles. The second-order valence-electron chi connectivity index (χ2n) is 6.06. The van der Waals surface area contributed by atoms with E-state index in [-0.39, 0.29) is 13.0 Å². The van der Waals surface area contributed by atoms with E-state index in [0.717, 1.165) is 28.3 Å². The lowest BCUT2D eigenvalue weighted by molar-refractivity contribution is -0.161. The summed E-state index contributed by atoms with van der Waals surface area (Å²) in [4.78, 5) is 13.2. The first kappa shape index (κ1) is 21.0. The van der Waals surface area contributed by atoms with E-state index in [0.29, 0.717) is 25.8 Å². The lowest BCUT2D eigenvalue weighted by atomic mass is 10.1. The molecular weight excluding hydrogens is 333 g/mol. The second-order valence-corrected chi connectivity index (χ2v) is 6.06. The number of carbonyl (C=O) groups excluding carboxylic acids is 1. The largest absolute Gasteiger partial charge is 0.406 e. The van der Waals surface area contributed by atoms with Crippen molar-refractivity contribution >= 4 is 5.91 Å². The van der Waals surface area contributed by atoms with Crippen LogP contribution in [0.2, 0.25) is 0 Å². The summed E-state index contributed by atoms with van der Waals surface area (Å²) < 4.78 is 39.7. The molecule has 0 aliphatic heterocycles. The molecule has 0 aliphatic carbocycles. The molecule has 140 valence electrons. The summed E-state index contributed by atoms with van der Waals surface area (Å²) in [7, 11) is 0. The van der Waals surface area contributed by atoms with Gasteiger partial charge in [-0.1, -0.05) is 13.3 Å². The quantitative estimate of drug-likeness (QED) is 0.678. The number of carbonyl (C=O) groups is 1. The number of alkyl halides is 3. The van der Waals surface area contributed by atoms with Crippen LogP contribution in [0, 0.1) is 25.2 Å². The van der Waals surface area contributed by atoms with Crippen LogP contribution in [0.4, 0.5) is 13.2 Å². The van der Waals surface area contributed by atoms with Crippen molar-refractivity contribution in [2.24, 2.45) is 0 Å². The van der Waals surface area contributed by atoms with Crippen molar-refractivity contribution in [2.75, 3.05) is 13.1 Å². The summed E-state index contributed by atoms with van der Waals surface area (Å²) in [6, 6.07) is 2.05. The van der Waals surface area contributed by atoms with E-state index in [1.54, 1.807) is 11.6 Å². The molecule has 1 aromatic heterocycles. The molecule has 1 heterocycles. The van der Waals surface area contributed by atoms with Gasteiger partial charge in [-0.2, -0.15) is 23.5 Å². The van der Waals surface area contributed by atoms with Crippen molar-refractivity contribution in [2.45, 2.75) is 65.6 Å². The minimum atomic E-state index is -4.39. The van der Waals surface area contributed by atoms with Gasteiger partial charge in [-0.3, -0.25) is 9.48 Å². The third-order valence-electron chi connectivity index (χ3n) is 4.06. The number of hydrogen-bond acceptors (Lipinski definition) is 3. The Hall–Kier alpha value is -2.04. The van der Waals surface area contributed by atoms with Crippen molar-refractivity contribution in [1.82, 2.24) is 14.7 Å². The van der Waals surface area contributed by atoms with Crippen molar-refractivity contribution in [3.63, 3.8) is 0 Å². The number of unbranched alkanes of at least 4 members (excludes halogenated alkanes) is 1. The Kier molecular flexibility index (Phi) is 7.94. The molecular formula is C17H25F3N4O. The van der Waals surface area contributed by atoms with Gasteiger partial charge in [0.15, 0.2) is 0 Å². The number of aromatic nitrogens is 2. The van der Waals surface area contributed by atoms with Crippen LogP contribution in [0.3, 0.4) is 0 Å². The SMILES string of the molecule is CCCCN(CC(F)(F)F)C(=O)CCc1c(C)nn(CCC#N)c1C. The van der Waals surface area contributed by atoms with E-state index in [1.165, 1.54) is 0 Å². The van der Waals surface area contributed by atoms with Gasteiger partial charge >= 0.3 is 6.18 Å². The van der Waals surface area contributed by atoms with Crippen molar-refractivity contribution < 1.29 is 18.0 Å². The van der Waals surface area contributed by atoms with Gasteiger partial charge in [0.2, 0.25) is 5.91 Å². The average Bonchev–Trinajstić information content (AvgIpc) is 2.80. The fourth-order valence-corrected chi connectivity index (χ4v) is 2.72. The van der Waals surface area contributed by atoms with Gasteiger partial charge in [-0.05, 0) is 32.3 Å². The predicted molar refractivity (Wildman–Crippen MR) is 87.8 cm³/mol. The van der Waals surface area contributed by atoms with Crippen LogP contribution in [-0.2, 0) is 17.8 Å². The van der Waals surface area contributed by atoms with Crippen LogP contribution in [0.1, 0.15) is 49.6 Å². The van der Waals surface area contributed by atoms with E-state index < -0.39 is 18.6 Å². The van der Waals surface area contributed by atoms with E-state index in [4.69, 9.17) is 5.26 Å². The van der Waals surface area contributed by atoms with Gasteiger partial charge in [0, 0.05) is 18.7 Å². The van der Waals surface area contributed by atoms with Crippen molar-refractivity contribution in [1.29, 1.82) is 5.26 Å². The predicted octanol–water partition coefficient (Wildman–Crippen LogP) is 3.54. The van der Waals surface area contributed by atoms with Crippen LogP contribution in [0.5, 0.6) is 0 Å². The number of halogens is 3. The summed E-state index contributed by atoms with van der Waals surface area (Å²) in [5, 5.41) is 13.0. The smallest absolute Gasteiger partial charge is 0.334 e. The van der Waals surface area contributed by atoms with Crippen LogP contribution < -0.4 is 0 Å². The minimum Gasteiger partial charge on any atom is -0.334 e. The van der Waals surface area contributed by atoms with Crippen LogP contribution in [0.15, 0.2) is 0 Å². The topological polar surface area (TPSA) is 61.9 Å². The summed E-state index contributed by atoms with van der Waals surface area (Å²) in [6.45, 7) is 4.91. The molecule has 5 nitrogen and oxygen atoms in total. The lowest BCUT2D eigenvalue weighted by Gasteiger charge is -2.24. The molecule has 8 heteroatoms. The van der Waals surface area contributed by atoms with E-state index in [1.807, 2.05) is 13.8 Å². The van der Waals surface area contributed by atoms with Gasteiger partial charge < -0.3 is 4.90 Å². The maximum atomic E-state index is 12.7. The highest BCUT2D eigenvalue weighted by Gasteiger charge is 2.32. The second kappa shape index (κ2) is 9.44. The zero-order valence-electron chi connectivity index (χ0n) is 15.0. The van der Waals surface area contributed by atoms with Crippen LogP contribution >= 0.6 is 0 Å². The molecule has 0 bridgehead atoms. The zero-order chi connectivity index (χ0) is 19.0. The van der Waals surface area contributed by atoms with Gasteiger partial charge in [-0.15, -0.1) is 0 Å². The number of hydrogen-bond donors (Lipinski definition) is 0. The lowest BCUT2D eigenvalue weighted by Crippen LogP contribution is -2.39. The molecule has 0 aliphatic rings. The van der Waals surface area contributed by atoms with Gasteiger partial charge in [0.25, 0.3) is 0 Å². The highest BCUT2D eigenvalue weighted by Crippen LogP contribution is 2.20. The molecule has 0 spiro atoms. The first-order valence-corrected chi connectivity index (χ1v) is 8.44. The third-order valence-corrected chi connectivity index (χ3v) is 4.06. The molecule has 0 radical (unpaired) electrons. The van der Waals surface area contributed by atoms with Gasteiger partial charge in [0.1, 0.15) is 6.54 Å². The molecule has 0 atom stereocenters. The van der Waals surface area contributed by atoms with Crippen molar-refractivity contribution in [3.8, 4) is 6.07 Å². The van der Waals surface area contributed by atoms with Crippen LogP contribution in [-0.4, -0.2) is 39.9 Å². The molecule has 25 heavy (non-hydrogen) atoms. The summed E-state index contributed by atoms with van der Waals surface area (Å²) in [5.41, 5.74) is 2.48. The molecule has 0 saturated heterocycles. The number of nitrogens with zero attached hydrogens (tertiary/aromatic N) is 4. The zero-order valence-corrected chi connectivity index (χ0v) is 15.0. The maximum Gasteiger partial charge on any atom is 0.406 e. The summed E-state index contributed by atoms with van der Waals surface area (Å²) in [6.07, 6.45) is -2.42. The normalized spacial score (nSPS) is 11.4. The van der Waals surface area contributed by atoms with Crippen LogP contribution in [0.25, 0.3) is 0 Å². The van der Waals surface area contributed by atoms with E-state index in [9.17, 15) is 18.0 Å². The Morgan fingerprint density at radius 1 is 1.36 bits per heavy atom. The summed E-state index contributed by atoms with van der Waals surface area (Å²) in [5.74, 6) is -0.491. The minimum absolute atomic E-state index is 0.0193. The first-order chi connectivity index (χ1) is 11.7. The molecule has 1 amide bonds. The molecule has 1 aromatic rings. The van der Waals surface area contributed by atoms with E-state index >= 15 is 0 Å². The Morgan fingerprint density at radius 3 is 2.60 bits per heavy atom. The Morgan fingerprint density at radius 2 is 2.04 bits per heavy atom. The number of nitriles is 1. The third kappa shape index (κ3) is 6.77. The Bertz CT molecular complexity index is 617. The van der Waals surface area contributed by atoms with E-state index in [2.05, 4.69) is 11.2 Å². The molecule has 0 unspecified atom stereocenters. The molecule has 0 saturated carbocycles. The van der Waals surface area contributed by atoms with Gasteiger partial charge in [-0.25, -0.2) is 0 Å².